The number of rotatable bonds is 8. The second kappa shape index (κ2) is 7.97. The molecule has 0 radical (unpaired) electrons. The SMILES string of the molecule is CCCCN(CCO)Cc1cnc(NC)cn1. The summed E-state index contributed by atoms with van der Waals surface area (Å²) in [7, 11) is 1.82. The lowest BCUT2D eigenvalue weighted by atomic mass is 10.3. The molecule has 17 heavy (non-hydrogen) atoms. The molecule has 0 spiro atoms. The Morgan fingerprint density at radius 2 is 2.12 bits per heavy atom. The van der Waals surface area contributed by atoms with Crippen LogP contribution in [0.1, 0.15) is 25.5 Å². The highest BCUT2D eigenvalue weighted by Crippen LogP contribution is 2.04. The van der Waals surface area contributed by atoms with Crippen LogP contribution in [0.2, 0.25) is 0 Å². The zero-order chi connectivity index (χ0) is 12.5. The highest BCUT2D eigenvalue weighted by atomic mass is 16.3. The lowest BCUT2D eigenvalue weighted by Gasteiger charge is -2.20. The maximum atomic E-state index is 9.01. The second-order valence-electron chi connectivity index (χ2n) is 4.00. The molecular weight excluding hydrogens is 216 g/mol. The monoisotopic (exact) mass is 238 g/mol. The van der Waals surface area contributed by atoms with Gasteiger partial charge in [0.25, 0.3) is 0 Å². The van der Waals surface area contributed by atoms with Crippen LogP contribution in [0.3, 0.4) is 0 Å². The molecule has 0 aliphatic carbocycles. The van der Waals surface area contributed by atoms with E-state index < -0.39 is 0 Å². The number of hydrogen-bond acceptors (Lipinski definition) is 5. The summed E-state index contributed by atoms with van der Waals surface area (Å²) in [6, 6.07) is 0. The van der Waals surface area contributed by atoms with E-state index in [1.54, 1.807) is 12.4 Å². The molecule has 0 saturated carbocycles. The summed E-state index contributed by atoms with van der Waals surface area (Å²) in [5.41, 5.74) is 0.938. The third-order valence-corrected chi connectivity index (χ3v) is 2.59. The first kappa shape index (κ1) is 13.9. The Bertz CT molecular complexity index is 302. The van der Waals surface area contributed by atoms with Gasteiger partial charge in [-0.2, -0.15) is 0 Å². The Morgan fingerprint density at radius 3 is 2.65 bits per heavy atom. The summed E-state index contributed by atoms with van der Waals surface area (Å²) in [6.07, 6.45) is 5.81. The minimum Gasteiger partial charge on any atom is -0.395 e. The first-order valence-corrected chi connectivity index (χ1v) is 6.12. The van der Waals surface area contributed by atoms with Crippen molar-refractivity contribution in [2.75, 3.05) is 32.1 Å². The Morgan fingerprint density at radius 1 is 1.29 bits per heavy atom. The van der Waals surface area contributed by atoms with Crippen molar-refractivity contribution in [2.45, 2.75) is 26.3 Å². The quantitative estimate of drug-likeness (QED) is 0.710. The molecule has 0 aliphatic rings. The van der Waals surface area contributed by atoms with Gasteiger partial charge in [-0.05, 0) is 13.0 Å². The molecule has 1 rings (SSSR count). The maximum absolute atomic E-state index is 9.01. The molecule has 1 aromatic heterocycles. The predicted molar refractivity (Wildman–Crippen MR) is 68.8 cm³/mol. The van der Waals surface area contributed by atoms with Crippen LogP contribution in [0.25, 0.3) is 0 Å². The lowest BCUT2D eigenvalue weighted by Crippen LogP contribution is -2.28. The van der Waals surface area contributed by atoms with Gasteiger partial charge in [-0.1, -0.05) is 13.3 Å². The zero-order valence-electron chi connectivity index (χ0n) is 10.7. The van der Waals surface area contributed by atoms with Crippen LogP contribution in [0, 0.1) is 0 Å². The van der Waals surface area contributed by atoms with E-state index in [1.165, 1.54) is 0 Å². The van der Waals surface area contributed by atoms with Crippen molar-refractivity contribution in [1.29, 1.82) is 0 Å². The van der Waals surface area contributed by atoms with Gasteiger partial charge in [0.2, 0.25) is 0 Å². The van der Waals surface area contributed by atoms with E-state index in [9.17, 15) is 0 Å². The summed E-state index contributed by atoms with van der Waals surface area (Å²) in [5.74, 6) is 0.774. The van der Waals surface area contributed by atoms with Crippen molar-refractivity contribution < 1.29 is 5.11 Å². The first-order chi connectivity index (χ1) is 8.30. The summed E-state index contributed by atoms with van der Waals surface area (Å²) in [4.78, 5) is 10.8. The summed E-state index contributed by atoms with van der Waals surface area (Å²) in [5, 5.41) is 11.9. The van der Waals surface area contributed by atoms with E-state index in [2.05, 4.69) is 27.1 Å². The van der Waals surface area contributed by atoms with Crippen molar-refractivity contribution in [1.82, 2.24) is 14.9 Å². The standard InChI is InChI=1S/C12H22N4O/c1-3-4-5-16(6-7-17)10-11-8-15-12(13-2)9-14-11/h8-9,17H,3-7,10H2,1-2H3,(H,13,15). The van der Waals surface area contributed by atoms with Crippen molar-refractivity contribution in [2.24, 2.45) is 0 Å². The molecule has 0 fully saturated rings. The van der Waals surface area contributed by atoms with Gasteiger partial charge in [0, 0.05) is 20.1 Å². The third-order valence-electron chi connectivity index (χ3n) is 2.59. The molecular formula is C12H22N4O. The van der Waals surface area contributed by atoms with Crippen LogP contribution in [0.5, 0.6) is 0 Å². The Labute approximate surface area is 103 Å². The van der Waals surface area contributed by atoms with Gasteiger partial charge < -0.3 is 10.4 Å². The molecule has 0 aromatic carbocycles. The number of nitrogens with zero attached hydrogens (tertiary/aromatic N) is 3. The normalized spacial score (nSPS) is 10.8. The van der Waals surface area contributed by atoms with Crippen molar-refractivity contribution >= 4 is 5.82 Å². The third kappa shape index (κ3) is 5.10. The minimum atomic E-state index is 0.186. The number of aliphatic hydroxyl groups is 1. The summed E-state index contributed by atoms with van der Waals surface area (Å²) in [6.45, 7) is 4.78. The molecule has 1 aromatic rings. The molecule has 5 heteroatoms. The predicted octanol–water partition coefficient (Wildman–Crippen LogP) is 1.11. The first-order valence-electron chi connectivity index (χ1n) is 6.12. The number of aliphatic hydroxyl groups excluding tert-OH is 1. The number of nitrogens with one attached hydrogen (secondary N) is 1. The van der Waals surface area contributed by atoms with Crippen LogP contribution in [-0.2, 0) is 6.54 Å². The molecule has 0 unspecified atom stereocenters. The molecule has 0 atom stereocenters. The number of aromatic nitrogens is 2. The van der Waals surface area contributed by atoms with Crippen LogP contribution < -0.4 is 5.32 Å². The smallest absolute Gasteiger partial charge is 0.144 e. The molecule has 0 aliphatic heterocycles. The van der Waals surface area contributed by atoms with Crippen LogP contribution in [0.15, 0.2) is 12.4 Å². The number of unbranched alkanes of at least 4 members (excludes halogenated alkanes) is 1. The van der Waals surface area contributed by atoms with E-state index >= 15 is 0 Å². The highest BCUT2D eigenvalue weighted by Gasteiger charge is 2.06. The number of hydrogen-bond donors (Lipinski definition) is 2. The molecule has 96 valence electrons. The largest absolute Gasteiger partial charge is 0.395 e. The summed E-state index contributed by atoms with van der Waals surface area (Å²) < 4.78 is 0. The Balaban J connectivity index is 2.51. The van der Waals surface area contributed by atoms with Crippen LogP contribution >= 0.6 is 0 Å². The lowest BCUT2D eigenvalue weighted by molar-refractivity contribution is 0.187. The molecule has 5 nitrogen and oxygen atoms in total. The average molecular weight is 238 g/mol. The highest BCUT2D eigenvalue weighted by molar-refractivity contribution is 5.29. The molecule has 0 amide bonds. The Kier molecular flexibility index (Phi) is 6.50. The molecule has 0 saturated heterocycles. The van der Waals surface area contributed by atoms with E-state index in [0.29, 0.717) is 6.54 Å². The molecule has 0 bridgehead atoms. The van der Waals surface area contributed by atoms with E-state index in [-0.39, 0.29) is 6.61 Å². The minimum absolute atomic E-state index is 0.186. The van der Waals surface area contributed by atoms with Gasteiger partial charge in [-0.3, -0.25) is 9.88 Å². The summed E-state index contributed by atoms with van der Waals surface area (Å²) >= 11 is 0. The van der Waals surface area contributed by atoms with Crippen LogP contribution in [-0.4, -0.2) is 46.7 Å². The second-order valence-corrected chi connectivity index (χ2v) is 4.00. The van der Waals surface area contributed by atoms with Gasteiger partial charge in [0.15, 0.2) is 0 Å². The van der Waals surface area contributed by atoms with E-state index in [1.807, 2.05) is 7.05 Å². The van der Waals surface area contributed by atoms with Gasteiger partial charge in [0.1, 0.15) is 5.82 Å². The zero-order valence-corrected chi connectivity index (χ0v) is 10.7. The van der Waals surface area contributed by atoms with E-state index in [0.717, 1.165) is 37.4 Å². The van der Waals surface area contributed by atoms with E-state index in [4.69, 9.17) is 5.11 Å². The fraction of sp³-hybridized carbons (Fsp3) is 0.667. The fourth-order valence-corrected chi connectivity index (χ4v) is 1.59. The Hall–Kier alpha value is -1.20. The average Bonchev–Trinajstić information content (AvgIpc) is 2.37. The van der Waals surface area contributed by atoms with Crippen molar-refractivity contribution in [3.63, 3.8) is 0 Å². The van der Waals surface area contributed by atoms with Gasteiger partial charge in [-0.25, -0.2) is 4.98 Å². The van der Waals surface area contributed by atoms with Gasteiger partial charge >= 0.3 is 0 Å². The van der Waals surface area contributed by atoms with Gasteiger partial charge in [-0.15, -0.1) is 0 Å². The van der Waals surface area contributed by atoms with Crippen molar-refractivity contribution in [3.8, 4) is 0 Å². The topological polar surface area (TPSA) is 61.3 Å². The molecule has 1 heterocycles. The fourth-order valence-electron chi connectivity index (χ4n) is 1.59. The number of anilines is 1. The maximum Gasteiger partial charge on any atom is 0.144 e. The molecule has 2 N–H and O–H groups in total. The van der Waals surface area contributed by atoms with Crippen molar-refractivity contribution in [3.05, 3.63) is 18.1 Å². The van der Waals surface area contributed by atoms with Gasteiger partial charge in [0.05, 0.1) is 24.7 Å². The van der Waals surface area contributed by atoms with Crippen LogP contribution in [0.4, 0.5) is 5.82 Å².